The molecule has 8 nitrogen and oxygen atoms in total. The highest BCUT2D eigenvalue weighted by Crippen LogP contribution is 2.35. The highest BCUT2D eigenvalue weighted by molar-refractivity contribution is 8.18. The number of imide groups is 1. The van der Waals surface area contributed by atoms with Crippen molar-refractivity contribution in [1.29, 1.82) is 0 Å². The van der Waals surface area contributed by atoms with Gasteiger partial charge in [-0.1, -0.05) is 24.3 Å². The average Bonchev–Trinajstić information content (AvgIpc) is 3.37. The predicted octanol–water partition coefficient (Wildman–Crippen LogP) is 3.31. The first-order valence-corrected chi connectivity index (χ1v) is 10.7. The molecule has 1 N–H and O–H groups in total. The molecule has 2 aromatic rings. The van der Waals surface area contributed by atoms with Crippen molar-refractivity contribution in [3.05, 3.63) is 70.6 Å². The first kappa shape index (κ1) is 21.6. The van der Waals surface area contributed by atoms with Gasteiger partial charge in [0.2, 0.25) is 0 Å². The first-order chi connectivity index (χ1) is 15.4. The van der Waals surface area contributed by atoms with Crippen LogP contribution in [0.25, 0.3) is 0 Å². The smallest absolute Gasteiger partial charge is 0.290 e. The zero-order chi connectivity index (χ0) is 22.8. The maximum Gasteiger partial charge on any atom is 0.290 e. The molecule has 2 aromatic carbocycles. The fourth-order valence-corrected chi connectivity index (χ4v) is 4.19. The standard InChI is InChI=1S/C23H22N4O4S/c1-26(2)16-9-7-14(8-10-16)19-12-18(15-5-4-6-17(11-15)31-3)25-27(19)21(28)13-20-22(29)24-23(30)32-20/h4-11,13,19H,12H2,1-3H3,(H,24,29,30)/b20-13-. The van der Waals surface area contributed by atoms with Gasteiger partial charge >= 0.3 is 0 Å². The van der Waals surface area contributed by atoms with E-state index in [1.807, 2.05) is 67.5 Å². The Balaban J connectivity index is 1.69. The summed E-state index contributed by atoms with van der Waals surface area (Å²) in [5.74, 6) is -0.338. The van der Waals surface area contributed by atoms with Crippen LogP contribution in [0.2, 0.25) is 0 Å². The summed E-state index contributed by atoms with van der Waals surface area (Å²) < 4.78 is 5.32. The van der Waals surface area contributed by atoms with Crippen LogP contribution in [0.3, 0.4) is 0 Å². The van der Waals surface area contributed by atoms with Gasteiger partial charge in [0.25, 0.3) is 17.1 Å². The summed E-state index contributed by atoms with van der Waals surface area (Å²) in [4.78, 5) is 38.5. The number of carbonyl (C=O) groups is 3. The van der Waals surface area contributed by atoms with E-state index in [1.165, 1.54) is 11.1 Å². The summed E-state index contributed by atoms with van der Waals surface area (Å²) in [6, 6.07) is 15.1. The molecular weight excluding hydrogens is 428 g/mol. The molecule has 0 aromatic heterocycles. The van der Waals surface area contributed by atoms with Gasteiger partial charge in [0.05, 0.1) is 23.8 Å². The molecule has 1 atom stereocenters. The fraction of sp³-hybridized carbons (Fsp3) is 0.217. The van der Waals surface area contributed by atoms with Crippen LogP contribution in [-0.2, 0) is 9.59 Å². The molecule has 3 amide bonds. The van der Waals surface area contributed by atoms with Crippen LogP contribution < -0.4 is 15.0 Å². The van der Waals surface area contributed by atoms with Gasteiger partial charge in [-0.25, -0.2) is 5.01 Å². The third kappa shape index (κ3) is 4.38. The Kier molecular flexibility index (Phi) is 6.00. The van der Waals surface area contributed by atoms with Crippen molar-refractivity contribution in [1.82, 2.24) is 10.3 Å². The zero-order valence-electron chi connectivity index (χ0n) is 17.9. The maximum absolute atomic E-state index is 13.1. The number of carbonyl (C=O) groups excluding carboxylic acids is 3. The number of amides is 3. The van der Waals surface area contributed by atoms with E-state index in [0.29, 0.717) is 23.9 Å². The van der Waals surface area contributed by atoms with Crippen LogP contribution >= 0.6 is 11.8 Å². The van der Waals surface area contributed by atoms with Crippen molar-refractivity contribution in [3.8, 4) is 5.75 Å². The number of anilines is 1. The molecule has 1 fully saturated rings. The number of nitrogens with one attached hydrogen (secondary N) is 1. The molecule has 9 heteroatoms. The van der Waals surface area contributed by atoms with E-state index in [2.05, 4.69) is 10.4 Å². The Morgan fingerprint density at radius 2 is 1.97 bits per heavy atom. The van der Waals surface area contributed by atoms with E-state index in [-0.39, 0.29) is 10.9 Å². The van der Waals surface area contributed by atoms with E-state index in [9.17, 15) is 14.4 Å². The van der Waals surface area contributed by atoms with E-state index in [0.717, 1.165) is 22.5 Å². The highest BCUT2D eigenvalue weighted by Gasteiger charge is 2.34. The third-order valence-electron chi connectivity index (χ3n) is 5.23. The monoisotopic (exact) mass is 450 g/mol. The Morgan fingerprint density at radius 1 is 1.22 bits per heavy atom. The van der Waals surface area contributed by atoms with Crippen LogP contribution in [-0.4, -0.2) is 49.0 Å². The van der Waals surface area contributed by atoms with E-state index < -0.39 is 17.1 Å². The number of hydrazone groups is 1. The SMILES string of the molecule is COc1cccc(C2=NN(C(=O)/C=C3\SC(=O)NC3=O)C(c3ccc(N(C)C)cc3)C2)c1. The van der Waals surface area contributed by atoms with Gasteiger partial charge < -0.3 is 9.64 Å². The Hall–Kier alpha value is -3.59. The largest absolute Gasteiger partial charge is 0.497 e. The molecule has 4 rings (SSSR count). The van der Waals surface area contributed by atoms with Gasteiger partial charge in [-0.2, -0.15) is 5.10 Å². The van der Waals surface area contributed by atoms with Crippen LogP contribution in [0.5, 0.6) is 5.75 Å². The highest BCUT2D eigenvalue weighted by atomic mass is 32.2. The minimum absolute atomic E-state index is 0.0618. The molecular formula is C23H22N4O4S. The number of hydrogen-bond donors (Lipinski definition) is 1. The molecule has 164 valence electrons. The molecule has 2 aliphatic rings. The van der Waals surface area contributed by atoms with E-state index in [4.69, 9.17) is 4.74 Å². The van der Waals surface area contributed by atoms with Crippen molar-refractivity contribution < 1.29 is 19.1 Å². The van der Waals surface area contributed by atoms with Gasteiger partial charge in [0, 0.05) is 37.8 Å². The number of rotatable bonds is 5. The van der Waals surface area contributed by atoms with Crippen LogP contribution in [0.1, 0.15) is 23.6 Å². The van der Waals surface area contributed by atoms with Gasteiger partial charge in [-0.15, -0.1) is 0 Å². The molecule has 32 heavy (non-hydrogen) atoms. The molecule has 0 radical (unpaired) electrons. The lowest BCUT2D eigenvalue weighted by Crippen LogP contribution is -2.26. The first-order valence-electron chi connectivity index (χ1n) is 9.93. The summed E-state index contributed by atoms with van der Waals surface area (Å²) in [5.41, 5.74) is 3.55. The lowest BCUT2D eigenvalue weighted by atomic mass is 9.98. The molecule has 0 saturated carbocycles. The van der Waals surface area contributed by atoms with Gasteiger partial charge in [0.1, 0.15) is 5.75 Å². The normalized spacial score (nSPS) is 19.2. The minimum atomic E-state index is -0.573. The Labute approximate surface area is 189 Å². The van der Waals surface area contributed by atoms with Crippen molar-refractivity contribution >= 4 is 40.2 Å². The van der Waals surface area contributed by atoms with Crippen LogP contribution in [0.4, 0.5) is 10.5 Å². The number of ether oxygens (including phenoxy) is 1. The average molecular weight is 451 g/mol. The minimum Gasteiger partial charge on any atom is -0.497 e. The van der Waals surface area contributed by atoms with Gasteiger partial charge in [0.15, 0.2) is 0 Å². The summed E-state index contributed by atoms with van der Waals surface area (Å²) in [6.45, 7) is 0. The summed E-state index contributed by atoms with van der Waals surface area (Å²) in [7, 11) is 5.52. The molecule has 1 saturated heterocycles. The third-order valence-corrected chi connectivity index (χ3v) is 6.04. The zero-order valence-corrected chi connectivity index (χ0v) is 18.7. The Bertz CT molecular complexity index is 1140. The molecule has 0 bridgehead atoms. The summed E-state index contributed by atoms with van der Waals surface area (Å²) >= 11 is 0.709. The molecule has 1 unspecified atom stereocenters. The van der Waals surface area contributed by atoms with E-state index in [1.54, 1.807) is 7.11 Å². The van der Waals surface area contributed by atoms with Crippen molar-refractivity contribution in [2.24, 2.45) is 5.10 Å². The number of benzene rings is 2. The van der Waals surface area contributed by atoms with Gasteiger partial charge in [-0.05, 0) is 41.6 Å². The van der Waals surface area contributed by atoms with Crippen LogP contribution in [0.15, 0.2) is 64.6 Å². The van der Waals surface area contributed by atoms with Crippen molar-refractivity contribution in [2.75, 3.05) is 26.1 Å². The second-order valence-electron chi connectivity index (χ2n) is 7.52. The molecule has 0 aliphatic carbocycles. The second kappa shape index (κ2) is 8.88. The number of hydrogen-bond acceptors (Lipinski definition) is 7. The number of thioether (sulfide) groups is 1. The van der Waals surface area contributed by atoms with E-state index >= 15 is 0 Å². The lowest BCUT2D eigenvalue weighted by Gasteiger charge is -2.22. The Morgan fingerprint density at radius 3 is 2.59 bits per heavy atom. The predicted molar refractivity (Wildman–Crippen MR) is 124 cm³/mol. The van der Waals surface area contributed by atoms with Crippen molar-refractivity contribution in [2.45, 2.75) is 12.5 Å². The second-order valence-corrected chi connectivity index (χ2v) is 8.53. The summed E-state index contributed by atoms with van der Waals surface area (Å²) in [6.07, 6.45) is 1.67. The topological polar surface area (TPSA) is 91.3 Å². The molecule has 0 spiro atoms. The maximum atomic E-state index is 13.1. The summed E-state index contributed by atoms with van der Waals surface area (Å²) in [5, 5.41) is 7.65. The fourth-order valence-electron chi connectivity index (χ4n) is 3.54. The molecule has 2 heterocycles. The lowest BCUT2D eigenvalue weighted by molar-refractivity contribution is -0.128. The molecule has 2 aliphatic heterocycles. The van der Waals surface area contributed by atoms with Crippen molar-refractivity contribution in [3.63, 3.8) is 0 Å². The number of nitrogens with zero attached hydrogens (tertiary/aromatic N) is 3. The number of methoxy groups -OCH3 is 1. The van der Waals surface area contributed by atoms with Gasteiger partial charge in [-0.3, -0.25) is 19.7 Å². The van der Waals surface area contributed by atoms with Crippen LogP contribution in [0, 0.1) is 0 Å². The quantitative estimate of drug-likeness (QED) is 0.703.